The number of nitrogens with one attached hydrogen (secondary N) is 2. The summed E-state index contributed by atoms with van der Waals surface area (Å²) in [5.41, 5.74) is 0.596. The molecule has 0 aliphatic carbocycles. The van der Waals surface area contributed by atoms with Gasteiger partial charge >= 0.3 is 0 Å². The van der Waals surface area contributed by atoms with Crippen LogP contribution in [0, 0.1) is 0 Å². The van der Waals surface area contributed by atoms with E-state index in [1.807, 2.05) is 6.92 Å². The van der Waals surface area contributed by atoms with Crippen molar-refractivity contribution < 1.29 is 13.2 Å². The molecule has 1 rings (SSSR count). The van der Waals surface area contributed by atoms with Crippen LogP contribution in [0.4, 0.5) is 5.69 Å². The third kappa shape index (κ3) is 6.41. The van der Waals surface area contributed by atoms with E-state index in [4.69, 9.17) is 4.74 Å². The van der Waals surface area contributed by atoms with E-state index in [2.05, 4.69) is 15.0 Å². The highest BCUT2D eigenvalue weighted by Crippen LogP contribution is 2.19. The molecule has 0 atom stereocenters. The Labute approximate surface area is 127 Å². The van der Waals surface area contributed by atoms with Crippen LogP contribution < -0.4 is 10.0 Å². The number of unbranched alkanes of at least 4 members (excludes halogenated alkanes) is 2. The van der Waals surface area contributed by atoms with Crippen LogP contribution in [0.25, 0.3) is 0 Å². The smallest absolute Gasteiger partial charge is 0.244 e. The van der Waals surface area contributed by atoms with Gasteiger partial charge in [-0.1, -0.05) is 6.92 Å². The second-order valence-corrected chi connectivity index (χ2v) is 6.49. The van der Waals surface area contributed by atoms with Crippen molar-refractivity contribution in [2.45, 2.75) is 37.5 Å². The third-order valence-electron chi connectivity index (χ3n) is 2.96. The molecule has 0 spiro atoms. The summed E-state index contributed by atoms with van der Waals surface area (Å²) < 4.78 is 32.2. The average molecular weight is 315 g/mol. The third-order valence-corrected chi connectivity index (χ3v) is 4.45. The van der Waals surface area contributed by atoms with Gasteiger partial charge in [0.15, 0.2) is 0 Å². The van der Waals surface area contributed by atoms with Crippen LogP contribution >= 0.6 is 0 Å². The summed E-state index contributed by atoms with van der Waals surface area (Å²) in [5.74, 6) is 0. The Morgan fingerprint density at radius 2 is 2.05 bits per heavy atom. The summed E-state index contributed by atoms with van der Waals surface area (Å²) in [6.07, 6.45) is 6.56. The number of aromatic nitrogens is 1. The maximum Gasteiger partial charge on any atom is 0.244 e. The molecule has 0 aliphatic rings. The largest absolute Gasteiger partial charge is 0.385 e. The second kappa shape index (κ2) is 9.70. The van der Waals surface area contributed by atoms with E-state index in [0.717, 1.165) is 32.2 Å². The Kier molecular flexibility index (Phi) is 8.26. The molecule has 1 heterocycles. The van der Waals surface area contributed by atoms with Crippen LogP contribution in [0.3, 0.4) is 0 Å². The molecule has 1 aromatic rings. The predicted octanol–water partition coefficient (Wildman–Crippen LogP) is 2.00. The van der Waals surface area contributed by atoms with Crippen molar-refractivity contribution in [3.8, 4) is 0 Å². The lowest BCUT2D eigenvalue weighted by Gasteiger charge is -2.12. The maximum absolute atomic E-state index is 12.3. The molecule has 6 nitrogen and oxygen atoms in total. The quantitative estimate of drug-likeness (QED) is 0.611. The number of pyridine rings is 1. The fourth-order valence-corrected chi connectivity index (χ4v) is 3.03. The molecule has 1 aromatic heterocycles. The van der Waals surface area contributed by atoms with Crippen molar-refractivity contribution in [3.05, 3.63) is 18.5 Å². The molecule has 0 amide bonds. The first kappa shape index (κ1) is 17.9. The monoisotopic (exact) mass is 315 g/mol. The SMILES string of the molecule is CCCNc1ccncc1S(=O)(=O)NCCCCCOC. The number of anilines is 1. The number of hydrogen-bond acceptors (Lipinski definition) is 5. The number of methoxy groups -OCH3 is 1. The van der Waals surface area contributed by atoms with Gasteiger partial charge in [0.25, 0.3) is 0 Å². The molecule has 2 N–H and O–H groups in total. The summed E-state index contributed by atoms with van der Waals surface area (Å²) in [6, 6.07) is 1.68. The molecule has 0 bridgehead atoms. The first-order valence-electron chi connectivity index (χ1n) is 7.28. The van der Waals surface area contributed by atoms with Crippen LogP contribution in [-0.4, -0.2) is 40.2 Å². The summed E-state index contributed by atoms with van der Waals surface area (Å²) in [4.78, 5) is 4.12. The van der Waals surface area contributed by atoms with Gasteiger partial charge in [0.05, 0.1) is 5.69 Å². The Hall–Kier alpha value is -1.18. The van der Waals surface area contributed by atoms with E-state index in [-0.39, 0.29) is 4.90 Å². The molecule has 0 saturated heterocycles. The average Bonchev–Trinajstić information content (AvgIpc) is 2.49. The van der Waals surface area contributed by atoms with Gasteiger partial charge in [-0.25, -0.2) is 13.1 Å². The topological polar surface area (TPSA) is 80.3 Å². The van der Waals surface area contributed by atoms with Gasteiger partial charge in [0.1, 0.15) is 4.90 Å². The summed E-state index contributed by atoms with van der Waals surface area (Å²) in [6.45, 7) is 3.89. The van der Waals surface area contributed by atoms with E-state index in [0.29, 0.717) is 18.8 Å². The van der Waals surface area contributed by atoms with E-state index in [1.54, 1.807) is 19.4 Å². The Morgan fingerprint density at radius 1 is 1.24 bits per heavy atom. The van der Waals surface area contributed by atoms with Crippen molar-refractivity contribution in [3.63, 3.8) is 0 Å². The molecular weight excluding hydrogens is 290 g/mol. The van der Waals surface area contributed by atoms with E-state index < -0.39 is 10.0 Å². The molecule has 7 heteroatoms. The minimum Gasteiger partial charge on any atom is -0.385 e. The zero-order valence-electron chi connectivity index (χ0n) is 12.8. The lowest BCUT2D eigenvalue weighted by molar-refractivity contribution is 0.192. The molecular formula is C14H25N3O3S. The highest BCUT2D eigenvalue weighted by molar-refractivity contribution is 7.89. The normalized spacial score (nSPS) is 11.5. The van der Waals surface area contributed by atoms with Gasteiger partial charge in [0, 0.05) is 39.2 Å². The molecule has 21 heavy (non-hydrogen) atoms. The van der Waals surface area contributed by atoms with Crippen molar-refractivity contribution in [2.24, 2.45) is 0 Å². The number of ether oxygens (including phenoxy) is 1. The van der Waals surface area contributed by atoms with Crippen LogP contribution in [0.2, 0.25) is 0 Å². The summed E-state index contributed by atoms with van der Waals surface area (Å²) in [7, 11) is -1.86. The van der Waals surface area contributed by atoms with Gasteiger partial charge < -0.3 is 10.1 Å². The van der Waals surface area contributed by atoms with Gasteiger partial charge in [-0.05, 0) is 31.7 Å². The van der Waals surface area contributed by atoms with Gasteiger partial charge in [0.2, 0.25) is 10.0 Å². The van der Waals surface area contributed by atoms with Crippen molar-refractivity contribution in [1.82, 2.24) is 9.71 Å². The van der Waals surface area contributed by atoms with Crippen LogP contribution in [0.1, 0.15) is 32.6 Å². The van der Waals surface area contributed by atoms with Gasteiger partial charge in [-0.3, -0.25) is 4.98 Å². The highest BCUT2D eigenvalue weighted by atomic mass is 32.2. The molecule has 0 saturated carbocycles. The van der Waals surface area contributed by atoms with Crippen molar-refractivity contribution in [1.29, 1.82) is 0 Å². The molecule has 0 unspecified atom stereocenters. The first-order chi connectivity index (χ1) is 10.1. The standard InChI is InChI=1S/C14H25N3O3S/c1-3-8-16-13-7-10-15-12-14(13)21(18,19)17-9-5-4-6-11-20-2/h7,10,12,17H,3-6,8-9,11H2,1-2H3,(H,15,16). The van der Waals surface area contributed by atoms with Crippen LogP contribution in [0.15, 0.2) is 23.4 Å². The minimum absolute atomic E-state index is 0.204. The van der Waals surface area contributed by atoms with Gasteiger partial charge in [-0.15, -0.1) is 0 Å². The van der Waals surface area contributed by atoms with Crippen molar-refractivity contribution in [2.75, 3.05) is 32.1 Å². The number of nitrogens with zero attached hydrogens (tertiary/aromatic N) is 1. The first-order valence-corrected chi connectivity index (χ1v) is 8.76. The summed E-state index contributed by atoms with van der Waals surface area (Å²) >= 11 is 0. The highest BCUT2D eigenvalue weighted by Gasteiger charge is 2.17. The van der Waals surface area contributed by atoms with E-state index in [1.165, 1.54) is 6.20 Å². The molecule has 120 valence electrons. The Balaban J connectivity index is 2.57. The fourth-order valence-electron chi connectivity index (χ4n) is 1.83. The van der Waals surface area contributed by atoms with E-state index in [9.17, 15) is 8.42 Å². The second-order valence-electron chi connectivity index (χ2n) is 4.75. The zero-order valence-corrected chi connectivity index (χ0v) is 13.6. The molecule has 0 radical (unpaired) electrons. The Bertz CT molecular complexity index is 506. The maximum atomic E-state index is 12.3. The van der Waals surface area contributed by atoms with Crippen molar-refractivity contribution >= 4 is 15.7 Å². The minimum atomic E-state index is -3.52. The van der Waals surface area contributed by atoms with Crippen LogP contribution in [0.5, 0.6) is 0 Å². The number of rotatable bonds is 11. The van der Waals surface area contributed by atoms with Crippen LogP contribution in [-0.2, 0) is 14.8 Å². The zero-order chi connectivity index (χ0) is 15.6. The fraction of sp³-hybridized carbons (Fsp3) is 0.643. The molecule has 0 aliphatic heterocycles. The predicted molar refractivity (Wildman–Crippen MR) is 83.9 cm³/mol. The lowest BCUT2D eigenvalue weighted by Crippen LogP contribution is -2.26. The van der Waals surface area contributed by atoms with Gasteiger partial charge in [-0.2, -0.15) is 0 Å². The molecule has 0 fully saturated rings. The number of hydrogen-bond donors (Lipinski definition) is 2. The Morgan fingerprint density at radius 3 is 2.76 bits per heavy atom. The van der Waals surface area contributed by atoms with E-state index >= 15 is 0 Å². The number of sulfonamides is 1. The molecule has 0 aromatic carbocycles. The lowest BCUT2D eigenvalue weighted by atomic mass is 10.2. The summed E-state index contributed by atoms with van der Waals surface area (Å²) in [5, 5.41) is 3.11.